The molecule has 5 heteroatoms. The van der Waals surface area contributed by atoms with Crippen LogP contribution in [-0.2, 0) is 0 Å². The molecule has 4 N–H and O–H groups in total. The fourth-order valence-electron chi connectivity index (χ4n) is 1.64. The van der Waals surface area contributed by atoms with E-state index in [9.17, 15) is 9.18 Å². The molecule has 0 bridgehead atoms. The normalized spacial score (nSPS) is 10.1. The number of carbonyl (C=O) groups excluding carboxylic acids is 1. The number of carbonyl (C=O) groups is 1. The van der Waals surface area contributed by atoms with Gasteiger partial charge in [-0.05, 0) is 48.9 Å². The van der Waals surface area contributed by atoms with E-state index in [2.05, 4.69) is 10.7 Å². The third-order valence-corrected chi connectivity index (χ3v) is 2.76. The number of amides is 1. The number of hydrogen-bond donors (Lipinski definition) is 3. The number of anilines is 2. The molecular formula is C14H14FN3O. The van der Waals surface area contributed by atoms with Gasteiger partial charge < -0.3 is 10.7 Å². The molecule has 0 heterocycles. The fraction of sp³-hybridized carbons (Fsp3) is 0.0714. The van der Waals surface area contributed by atoms with Gasteiger partial charge in [0.05, 0.1) is 0 Å². The molecule has 0 aliphatic carbocycles. The molecule has 0 radical (unpaired) electrons. The highest BCUT2D eigenvalue weighted by molar-refractivity contribution is 6.04. The summed E-state index contributed by atoms with van der Waals surface area (Å²) >= 11 is 0. The van der Waals surface area contributed by atoms with Crippen molar-refractivity contribution in [2.45, 2.75) is 6.92 Å². The number of nitrogen functional groups attached to an aromatic ring is 1. The topological polar surface area (TPSA) is 67.2 Å². The van der Waals surface area contributed by atoms with E-state index in [1.165, 1.54) is 12.1 Å². The molecule has 19 heavy (non-hydrogen) atoms. The van der Waals surface area contributed by atoms with Gasteiger partial charge in [0.15, 0.2) is 0 Å². The predicted octanol–water partition coefficient (Wildman–Crippen LogP) is 2.67. The lowest BCUT2D eigenvalue weighted by molar-refractivity contribution is 0.102. The first kappa shape index (κ1) is 13.0. The Labute approximate surface area is 110 Å². The molecule has 0 unspecified atom stereocenters. The lowest BCUT2D eigenvalue weighted by Crippen LogP contribution is -2.13. The molecule has 0 saturated heterocycles. The first-order chi connectivity index (χ1) is 9.10. The van der Waals surface area contributed by atoms with Crippen molar-refractivity contribution in [3.8, 4) is 0 Å². The second-order valence-electron chi connectivity index (χ2n) is 4.14. The van der Waals surface area contributed by atoms with Gasteiger partial charge >= 0.3 is 0 Å². The monoisotopic (exact) mass is 259 g/mol. The van der Waals surface area contributed by atoms with Crippen molar-refractivity contribution in [2.24, 2.45) is 5.84 Å². The van der Waals surface area contributed by atoms with Crippen molar-refractivity contribution < 1.29 is 9.18 Å². The summed E-state index contributed by atoms with van der Waals surface area (Å²) in [4.78, 5) is 12.0. The molecule has 0 atom stereocenters. The van der Waals surface area contributed by atoms with E-state index >= 15 is 0 Å². The van der Waals surface area contributed by atoms with Crippen LogP contribution in [0.5, 0.6) is 0 Å². The smallest absolute Gasteiger partial charge is 0.255 e. The minimum Gasteiger partial charge on any atom is -0.324 e. The van der Waals surface area contributed by atoms with E-state index in [4.69, 9.17) is 5.84 Å². The second-order valence-corrected chi connectivity index (χ2v) is 4.14. The molecule has 0 saturated carbocycles. The van der Waals surface area contributed by atoms with Crippen molar-refractivity contribution in [1.82, 2.24) is 0 Å². The highest BCUT2D eigenvalue weighted by Gasteiger charge is 2.08. The van der Waals surface area contributed by atoms with Gasteiger partial charge in [0.2, 0.25) is 0 Å². The molecule has 4 nitrogen and oxygen atoms in total. The van der Waals surface area contributed by atoms with E-state index in [1.807, 2.05) is 0 Å². The first-order valence-corrected chi connectivity index (χ1v) is 5.74. The van der Waals surface area contributed by atoms with Crippen LogP contribution in [0.4, 0.5) is 15.8 Å². The van der Waals surface area contributed by atoms with Gasteiger partial charge in [-0.25, -0.2) is 4.39 Å². The average Bonchev–Trinajstić information content (AvgIpc) is 2.43. The Hall–Kier alpha value is -2.40. The van der Waals surface area contributed by atoms with Gasteiger partial charge in [-0.15, -0.1) is 0 Å². The molecule has 1 amide bonds. The third kappa shape index (κ3) is 3.08. The maximum Gasteiger partial charge on any atom is 0.255 e. The molecule has 98 valence electrons. The van der Waals surface area contributed by atoms with Crippen LogP contribution in [0, 0.1) is 12.7 Å². The Kier molecular flexibility index (Phi) is 3.77. The molecule has 0 aliphatic rings. The summed E-state index contributed by atoms with van der Waals surface area (Å²) in [6, 6.07) is 10.9. The van der Waals surface area contributed by atoms with Crippen LogP contribution in [0.3, 0.4) is 0 Å². The van der Waals surface area contributed by atoms with E-state index in [-0.39, 0.29) is 11.7 Å². The molecule has 2 rings (SSSR count). The van der Waals surface area contributed by atoms with Crippen LogP contribution in [0.15, 0.2) is 42.5 Å². The fourth-order valence-corrected chi connectivity index (χ4v) is 1.64. The van der Waals surface area contributed by atoms with Crippen LogP contribution in [0.25, 0.3) is 0 Å². The third-order valence-electron chi connectivity index (χ3n) is 2.76. The number of benzene rings is 2. The SMILES string of the molecule is Cc1ccc(F)cc1NC(=O)c1ccc(NN)cc1. The Balaban J connectivity index is 2.18. The zero-order valence-electron chi connectivity index (χ0n) is 10.4. The lowest BCUT2D eigenvalue weighted by atomic mass is 10.1. The summed E-state index contributed by atoms with van der Waals surface area (Å²) in [7, 11) is 0. The molecule has 0 aromatic heterocycles. The summed E-state index contributed by atoms with van der Waals surface area (Å²) < 4.78 is 13.1. The summed E-state index contributed by atoms with van der Waals surface area (Å²) in [6.45, 7) is 1.80. The highest BCUT2D eigenvalue weighted by Crippen LogP contribution is 2.17. The second kappa shape index (κ2) is 5.49. The Bertz CT molecular complexity index is 596. The van der Waals surface area contributed by atoms with E-state index in [0.717, 1.165) is 5.56 Å². The van der Waals surface area contributed by atoms with Crippen LogP contribution in [0.1, 0.15) is 15.9 Å². The zero-order valence-corrected chi connectivity index (χ0v) is 10.4. The average molecular weight is 259 g/mol. The van der Waals surface area contributed by atoms with E-state index in [1.54, 1.807) is 37.3 Å². The Morgan fingerprint density at radius 3 is 2.47 bits per heavy atom. The summed E-state index contributed by atoms with van der Waals surface area (Å²) in [6.07, 6.45) is 0. The number of rotatable bonds is 3. The first-order valence-electron chi connectivity index (χ1n) is 5.74. The van der Waals surface area contributed by atoms with Crippen molar-refractivity contribution in [2.75, 3.05) is 10.7 Å². The molecular weight excluding hydrogens is 245 g/mol. The van der Waals surface area contributed by atoms with Gasteiger partial charge in [0.25, 0.3) is 5.91 Å². The van der Waals surface area contributed by atoms with Crippen LogP contribution < -0.4 is 16.6 Å². The summed E-state index contributed by atoms with van der Waals surface area (Å²) in [5.41, 5.74) is 4.92. The quantitative estimate of drug-likeness (QED) is 0.586. The molecule has 0 aliphatic heterocycles. The molecule has 2 aromatic carbocycles. The molecule has 0 fully saturated rings. The van der Waals surface area contributed by atoms with E-state index < -0.39 is 0 Å². The van der Waals surface area contributed by atoms with Crippen molar-refractivity contribution in [1.29, 1.82) is 0 Å². The minimum absolute atomic E-state index is 0.294. The molecule has 0 spiro atoms. The predicted molar refractivity (Wildman–Crippen MR) is 73.3 cm³/mol. The van der Waals surface area contributed by atoms with E-state index in [0.29, 0.717) is 16.9 Å². The van der Waals surface area contributed by atoms with Crippen LogP contribution in [0.2, 0.25) is 0 Å². The van der Waals surface area contributed by atoms with Crippen LogP contribution >= 0.6 is 0 Å². The Morgan fingerprint density at radius 2 is 1.84 bits per heavy atom. The maximum absolute atomic E-state index is 13.1. The van der Waals surface area contributed by atoms with Gasteiger partial charge in [0, 0.05) is 16.9 Å². The zero-order chi connectivity index (χ0) is 13.8. The van der Waals surface area contributed by atoms with Crippen LogP contribution in [-0.4, -0.2) is 5.91 Å². The number of hydrazine groups is 1. The number of hydrogen-bond acceptors (Lipinski definition) is 3. The van der Waals surface area contributed by atoms with Gasteiger partial charge in [0.1, 0.15) is 5.82 Å². The van der Waals surface area contributed by atoms with Crippen molar-refractivity contribution in [3.05, 3.63) is 59.4 Å². The maximum atomic E-state index is 13.1. The van der Waals surface area contributed by atoms with Gasteiger partial charge in [-0.2, -0.15) is 0 Å². The largest absolute Gasteiger partial charge is 0.324 e. The Morgan fingerprint density at radius 1 is 1.16 bits per heavy atom. The number of aryl methyl sites for hydroxylation is 1. The number of nitrogens with one attached hydrogen (secondary N) is 2. The number of halogens is 1. The van der Waals surface area contributed by atoms with Crippen molar-refractivity contribution in [3.63, 3.8) is 0 Å². The molecule has 2 aromatic rings. The number of nitrogens with two attached hydrogens (primary N) is 1. The lowest BCUT2D eigenvalue weighted by Gasteiger charge is -2.09. The van der Waals surface area contributed by atoms with Crippen molar-refractivity contribution >= 4 is 17.3 Å². The summed E-state index contributed by atoms with van der Waals surface area (Å²) in [5, 5.41) is 2.67. The highest BCUT2D eigenvalue weighted by atomic mass is 19.1. The standard InChI is InChI=1S/C14H14FN3O/c1-9-2-5-11(15)8-13(9)17-14(19)10-3-6-12(18-16)7-4-10/h2-8,18H,16H2,1H3,(H,17,19). The van der Waals surface area contributed by atoms with Gasteiger partial charge in [-0.1, -0.05) is 6.07 Å². The van der Waals surface area contributed by atoms with Gasteiger partial charge in [-0.3, -0.25) is 10.6 Å². The minimum atomic E-state index is -0.386. The summed E-state index contributed by atoms with van der Waals surface area (Å²) in [5.74, 6) is 4.56.